The molecule has 0 aliphatic heterocycles. The molecule has 0 fully saturated rings. The molecule has 104 valence electrons. The summed E-state index contributed by atoms with van der Waals surface area (Å²) in [7, 11) is 0. The minimum absolute atomic E-state index is 0.00673. The summed E-state index contributed by atoms with van der Waals surface area (Å²) in [6.07, 6.45) is 0. The summed E-state index contributed by atoms with van der Waals surface area (Å²) in [6.45, 7) is 2.62. The van der Waals surface area contributed by atoms with Crippen molar-refractivity contribution in [1.82, 2.24) is 0 Å². The molecule has 2 aromatic carbocycles. The largest absolute Gasteiger partial charge is 0.381 e. The van der Waals surface area contributed by atoms with E-state index in [-0.39, 0.29) is 5.69 Å². The van der Waals surface area contributed by atoms with Gasteiger partial charge in [0, 0.05) is 24.4 Å². The molecule has 6 nitrogen and oxygen atoms in total. The van der Waals surface area contributed by atoms with Crippen LogP contribution in [0.3, 0.4) is 0 Å². The topological polar surface area (TPSA) is 93.2 Å². The molecule has 0 unspecified atom stereocenters. The van der Waals surface area contributed by atoms with Gasteiger partial charge in [0.05, 0.1) is 10.6 Å². The highest BCUT2D eigenvalue weighted by Gasteiger charge is 2.09. The van der Waals surface area contributed by atoms with Gasteiger partial charge in [-0.05, 0) is 24.1 Å². The van der Waals surface area contributed by atoms with Gasteiger partial charge in [0.1, 0.15) is 0 Å². The maximum absolute atomic E-state index is 10.9. The number of nitro groups is 1. The predicted octanol–water partition coefficient (Wildman–Crippen LogP) is 2.80. The number of aryl methyl sites for hydroxylation is 1. The fourth-order valence-corrected chi connectivity index (χ4v) is 1.91. The van der Waals surface area contributed by atoms with E-state index in [1.165, 1.54) is 17.7 Å². The van der Waals surface area contributed by atoms with Crippen molar-refractivity contribution in [3.05, 3.63) is 63.7 Å². The van der Waals surface area contributed by atoms with Crippen molar-refractivity contribution >= 4 is 17.1 Å². The molecule has 0 saturated heterocycles. The molecule has 0 radical (unpaired) electrons. The summed E-state index contributed by atoms with van der Waals surface area (Å²) in [5, 5.41) is 14.0. The molecular formula is C14H16N4O2. The van der Waals surface area contributed by atoms with Crippen molar-refractivity contribution in [2.75, 3.05) is 10.7 Å². The van der Waals surface area contributed by atoms with Crippen LogP contribution in [0.1, 0.15) is 11.1 Å². The van der Waals surface area contributed by atoms with Crippen LogP contribution < -0.4 is 16.6 Å². The number of hydrazine groups is 1. The fourth-order valence-electron chi connectivity index (χ4n) is 1.91. The van der Waals surface area contributed by atoms with E-state index in [0.717, 1.165) is 5.56 Å². The molecule has 0 aliphatic rings. The maximum atomic E-state index is 10.9. The van der Waals surface area contributed by atoms with E-state index in [2.05, 4.69) is 10.7 Å². The van der Waals surface area contributed by atoms with Gasteiger partial charge < -0.3 is 10.7 Å². The second-order valence-electron chi connectivity index (χ2n) is 4.45. The standard InChI is InChI=1S/C14H16N4O2/c1-10-4-2-3-5-11(10)9-16-12-6-13(17-15)8-14(7-12)18(19)20/h2-8,16-17H,9,15H2,1H3. The number of nitrogen functional groups attached to an aromatic ring is 1. The third-order valence-corrected chi connectivity index (χ3v) is 3.04. The van der Waals surface area contributed by atoms with E-state index in [4.69, 9.17) is 5.84 Å². The average molecular weight is 272 g/mol. The zero-order chi connectivity index (χ0) is 14.5. The van der Waals surface area contributed by atoms with Gasteiger partial charge in [0.25, 0.3) is 5.69 Å². The number of non-ortho nitro benzene ring substituents is 1. The Labute approximate surface area is 116 Å². The molecule has 2 rings (SSSR count). The first-order chi connectivity index (χ1) is 9.60. The summed E-state index contributed by atoms with van der Waals surface area (Å²) in [6, 6.07) is 12.6. The second kappa shape index (κ2) is 6.03. The molecule has 0 amide bonds. The van der Waals surface area contributed by atoms with Crippen LogP contribution in [0, 0.1) is 17.0 Å². The molecule has 6 heteroatoms. The minimum atomic E-state index is -0.445. The van der Waals surface area contributed by atoms with E-state index in [1.807, 2.05) is 31.2 Å². The Bertz CT molecular complexity index is 628. The Morgan fingerprint density at radius 3 is 2.55 bits per heavy atom. The lowest BCUT2D eigenvalue weighted by Crippen LogP contribution is -2.08. The molecule has 0 atom stereocenters. The van der Waals surface area contributed by atoms with Gasteiger partial charge in [-0.2, -0.15) is 0 Å². The number of rotatable bonds is 5. The lowest BCUT2D eigenvalue weighted by molar-refractivity contribution is -0.384. The molecular weight excluding hydrogens is 256 g/mol. The van der Waals surface area contributed by atoms with E-state index >= 15 is 0 Å². The van der Waals surface area contributed by atoms with Crippen LogP contribution >= 0.6 is 0 Å². The summed E-state index contributed by atoms with van der Waals surface area (Å²) < 4.78 is 0. The van der Waals surface area contributed by atoms with Crippen LogP contribution in [0.25, 0.3) is 0 Å². The summed E-state index contributed by atoms with van der Waals surface area (Å²) >= 11 is 0. The van der Waals surface area contributed by atoms with Gasteiger partial charge in [-0.3, -0.25) is 16.0 Å². The summed E-state index contributed by atoms with van der Waals surface area (Å²) in [5.41, 5.74) is 5.87. The van der Waals surface area contributed by atoms with E-state index in [9.17, 15) is 10.1 Å². The molecule has 20 heavy (non-hydrogen) atoms. The summed E-state index contributed by atoms with van der Waals surface area (Å²) in [5.74, 6) is 5.32. The lowest BCUT2D eigenvalue weighted by atomic mass is 10.1. The van der Waals surface area contributed by atoms with Crippen LogP contribution in [-0.2, 0) is 6.54 Å². The molecule has 0 aromatic heterocycles. The van der Waals surface area contributed by atoms with Crippen molar-refractivity contribution in [3.8, 4) is 0 Å². The van der Waals surface area contributed by atoms with Crippen LogP contribution in [-0.4, -0.2) is 4.92 Å². The van der Waals surface area contributed by atoms with Crippen molar-refractivity contribution in [2.45, 2.75) is 13.5 Å². The van der Waals surface area contributed by atoms with E-state index in [0.29, 0.717) is 17.9 Å². The fraction of sp³-hybridized carbons (Fsp3) is 0.143. The molecule has 2 aromatic rings. The Morgan fingerprint density at radius 2 is 1.90 bits per heavy atom. The van der Waals surface area contributed by atoms with Crippen LogP contribution in [0.5, 0.6) is 0 Å². The Morgan fingerprint density at radius 1 is 1.20 bits per heavy atom. The SMILES string of the molecule is Cc1ccccc1CNc1cc(NN)cc([N+](=O)[O-])c1. The number of nitrogens with zero attached hydrogens (tertiary/aromatic N) is 1. The van der Waals surface area contributed by atoms with Crippen molar-refractivity contribution in [2.24, 2.45) is 5.84 Å². The van der Waals surface area contributed by atoms with Gasteiger partial charge in [-0.1, -0.05) is 24.3 Å². The first-order valence-corrected chi connectivity index (χ1v) is 6.14. The number of hydrogen-bond donors (Lipinski definition) is 3. The van der Waals surface area contributed by atoms with Gasteiger partial charge in [0.2, 0.25) is 0 Å². The van der Waals surface area contributed by atoms with Gasteiger partial charge >= 0.3 is 0 Å². The summed E-state index contributed by atoms with van der Waals surface area (Å²) in [4.78, 5) is 10.4. The first-order valence-electron chi connectivity index (χ1n) is 6.14. The highest BCUT2D eigenvalue weighted by molar-refractivity contribution is 5.63. The molecule has 0 bridgehead atoms. The normalized spacial score (nSPS) is 10.1. The molecule has 4 N–H and O–H groups in total. The maximum Gasteiger partial charge on any atom is 0.273 e. The van der Waals surface area contributed by atoms with Crippen molar-refractivity contribution in [1.29, 1.82) is 0 Å². The Hall–Kier alpha value is -2.60. The van der Waals surface area contributed by atoms with Gasteiger partial charge in [0.15, 0.2) is 0 Å². The monoisotopic (exact) mass is 272 g/mol. The van der Waals surface area contributed by atoms with Crippen molar-refractivity contribution < 1.29 is 4.92 Å². The van der Waals surface area contributed by atoms with Crippen LogP contribution in [0.15, 0.2) is 42.5 Å². The number of benzene rings is 2. The van der Waals surface area contributed by atoms with Crippen LogP contribution in [0.2, 0.25) is 0 Å². The second-order valence-corrected chi connectivity index (χ2v) is 4.45. The van der Waals surface area contributed by atoms with E-state index < -0.39 is 4.92 Å². The van der Waals surface area contributed by atoms with E-state index in [1.54, 1.807) is 6.07 Å². The smallest absolute Gasteiger partial charge is 0.273 e. The Balaban J connectivity index is 2.19. The Kier molecular flexibility index (Phi) is 4.17. The lowest BCUT2D eigenvalue weighted by Gasteiger charge is -2.10. The number of anilines is 2. The number of nitrogens with one attached hydrogen (secondary N) is 2. The molecule has 0 aliphatic carbocycles. The number of nitrogens with two attached hydrogens (primary N) is 1. The molecule has 0 saturated carbocycles. The highest BCUT2D eigenvalue weighted by Crippen LogP contribution is 2.24. The quantitative estimate of drug-likeness (QED) is 0.442. The minimum Gasteiger partial charge on any atom is -0.381 e. The predicted molar refractivity (Wildman–Crippen MR) is 79.4 cm³/mol. The van der Waals surface area contributed by atoms with Gasteiger partial charge in [-0.25, -0.2) is 0 Å². The molecule has 0 heterocycles. The van der Waals surface area contributed by atoms with Crippen LogP contribution in [0.4, 0.5) is 17.1 Å². The first kappa shape index (κ1) is 13.8. The highest BCUT2D eigenvalue weighted by atomic mass is 16.6. The molecule has 0 spiro atoms. The third kappa shape index (κ3) is 3.24. The van der Waals surface area contributed by atoms with Crippen molar-refractivity contribution in [3.63, 3.8) is 0 Å². The third-order valence-electron chi connectivity index (χ3n) is 3.04. The zero-order valence-corrected chi connectivity index (χ0v) is 11.1. The average Bonchev–Trinajstić information content (AvgIpc) is 2.46. The number of hydrogen-bond acceptors (Lipinski definition) is 5. The number of nitro benzene ring substituents is 1. The zero-order valence-electron chi connectivity index (χ0n) is 11.1. The van der Waals surface area contributed by atoms with Gasteiger partial charge in [-0.15, -0.1) is 0 Å².